The lowest BCUT2D eigenvalue weighted by atomic mass is 10.1. The molecule has 0 unspecified atom stereocenters. The van der Waals surface area contributed by atoms with Gasteiger partial charge in [-0.1, -0.05) is 0 Å². The van der Waals surface area contributed by atoms with Crippen LogP contribution in [0.4, 0.5) is 11.6 Å². The third kappa shape index (κ3) is 2.68. The van der Waals surface area contributed by atoms with Crippen LogP contribution in [0.15, 0.2) is 31.0 Å². The van der Waals surface area contributed by atoms with Crippen LogP contribution in [0.25, 0.3) is 0 Å². The summed E-state index contributed by atoms with van der Waals surface area (Å²) in [5.74, 6) is 1.38. The Morgan fingerprint density at radius 1 is 1.16 bits per heavy atom. The van der Waals surface area contributed by atoms with Crippen molar-refractivity contribution in [3.05, 3.63) is 36.7 Å². The minimum Gasteiger partial charge on any atom is -0.322 e. The molecule has 0 saturated carbocycles. The fourth-order valence-corrected chi connectivity index (χ4v) is 2.38. The summed E-state index contributed by atoms with van der Waals surface area (Å²) < 4.78 is 0. The molecule has 6 nitrogen and oxygen atoms in total. The van der Waals surface area contributed by atoms with Crippen molar-refractivity contribution in [2.75, 3.05) is 18.9 Å². The first-order valence-corrected chi connectivity index (χ1v) is 6.38. The van der Waals surface area contributed by atoms with Gasteiger partial charge in [0.2, 0.25) is 0 Å². The molecule has 19 heavy (non-hydrogen) atoms. The van der Waals surface area contributed by atoms with Gasteiger partial charge in [-0.3, -0.25) is 14.9 Å². The standard InChI is InChI=1S/C13H16N6/c1-19-6-2-3-11(19)10-7-15-9-13(17-10)18-12-8-14-4-5-16-12/h4-5,7-9,11H,2-3,6H2,1H3,(H,16,17,18)/t11-/m1/s1. The van der Waals surface area contributed by atoms with Crippen LogP contribution in [-0.4, -0.2) is 38.4 Å². The van der Waals surface area contributed by atoms with Gasteiger partial charge in [0, 0.05) is 12.4 Å². The predicted octanol–water partition coefficient (Wildman–Crippen LogP) is 1.78. The number of nitrogens with zero attached hydrogens (tertiary/aromatic N) is 5. The second-order valence-electron chi connectivity index (χ2n) is 4.68. The first-order valence-electron chi connectivity index (χ1n) is 6.38. The monoisotopic (exact) mass is 256 g/mol. The smallest absolute Gasteiger partial charge is 0.150 e. The fraction of sp³-hybridized carbons (Fsp3) is 0.385. The number of hydrogen-bond donors (Lipinski definition) is 1. The number of hydrogen-bond acceptors (Lipinski definition) is 6. The van der Waals surface area contributed by atoms with Gasteiger partial charge in [-0.15, -0.1) is 0 Å². The molecule has 3 heterocycles. The fourth-order valence-electron chi connectivity index (χ4n) is 2.38. The normalized spacial score (nSPS) is 19.5. The summed E-state index contributed by atoms with van der Waals surface area (Å²) in [7, 11) is 2.13. The maximum atomic E-state index is 4.62. The third-order valence-corrected chi connectivity index (χ3v) is 3.33. The van der Waals surface area contributed by atoms with Crippen molar-refractivity contribution in [3.8, 4) is 0 Å². The summed E-state index contributed by atoms with van der Waals surface area (Å²) in [5.41, 5.74) is 1.01. The van der Waals surface area contributed by atoms with E-state index in [0.29, 0.717) is 17.7 Å². The summed E-state index contributed by atoms with van der Waals surface area (Å²) in [5, 5.41) is 3.12. The zero-order valence-electron chi connectivity index (χ0n) is 10.8. The first-order chi connectivity index (χ1) is 9.33. The van der Waals surface area contributed by atoms with Gasteiger partial charge in [-0.2, -0.15) is 0 Å². The van der Waals surface area contributed by atoms with E-state index in [1.54, 1.807) is 24.8 Å². The lowest BCUT2D eigenvalue weighted by Crippen LogP contribution is -2.19. The van der Waals surface area contributed by atoms with Crippen LogP contribution < -0.4 is 5.32 Å². The van der Waals surface area contributed by atoms with Gasteiger partial charge in [0.05, 0.1) is 30.3 Å². The molecule has 1 aliphatic heterocycles. The van der Waals surface area contributed by atoms with Gasteiger partial charge in [-0.05, 0) is 26.4 Å². The highest BCUT2D eigenvalue weighted by atomic mass is 15.2. The molecule has 0 aliphatic carbocycles. The molecule has 6 heteroatoms. The molecule has 1 fully saturated rings. The van der Waals surface area contributed by atoms with Crippen LogP contribution in [-0.2, 0) is 0 Å². The van der Waals surface area contributed by atoms with Crippen molar-refractivity contribution in [2.24, 2.45) is 0 Å². The van der Waals surface area contributed by atoms with E-state index < -0.39 is 0 Å². The molecule has 0 spiro atoms. The Balaban J connectivity index is 1.80. The number of rotatable bonds is 3. The van der Waals surface area contributed by atoms with E-state index in [2.05, 4.69) is 37.2 Å². The Hall–Kier alpha value is -2.08. The number of anilines is 2. The largest absolute Gasteiger partial charge is 0.322 e. The van der Waals surface area contributed by atoms with E-state index in [0.717, 1.165) is 18.7 Å². The summed E-state index contributed by atoms with van der Waals surface area (Å²) >= 11 is 0. The maximum Gasteiger partial charge on any atom is 0.150 e. The second-order valence-corrected chi connectivity index (χ2v) is 4.68. The van der Waals surface area contributed by atoms with E-state index in [4.69, 9.17) is 0 Å². The molecule has 1 atom stereocenters. The van der Waals surface area contributed by atoms with E-state index >= 15 is 0 Å². The molecule has 1 aliphatic rings. The van der Waals surface area contributed by atoms with E-state index in [1.165, 1.54) is 6.42 Å². The lowest BCUT2D eigenvalue weighted by Gasteiger charge is -2.18. The van der Waals surface area contributed by atoms with Crippen LogP contribution in [0.2, 0.25) is 0 Å². The molecule has 0 bridgehead atoms. The molecular formula is C13H16N6. The molecule has 1 saturated heterocycles. The third-order valence-electron chi connectivity index (χ3n) is 3.33. The average molecular weight is 256 g/mol. The number of aromatic nitrogens is 4. The zero-order valence-corrected chi connectivity index (χ0v) is 10.8. The predicted molar refractivity (Wildman–Crippen MR) is 72.0 cm³/mol. The maximum absolute atomic E-state index is 4.62. The molecule has 0 amide bonds. The Morgan fingerprint density at radius 2 is 2.05 bits per heavy atom. The van der Waals surface area contributed by atoms with E-state index in [1.807, 2.05) is 6.20 Å². The minimum absolute atomic E-state index is 0.371. The van der Waals surface area contributed by atoms with Crippen molar-refractivity contribution in [3.63, 3.8) is 0 Å². The van der Waals surface area contributed by atoms with Gasteiger partial charge < -0.3 is 5.32 Å². The molecule has 1 N–H and O–H groups in total. The Kier molecular flexibility index (Phi) is 3.33. The van der Waals surface area contributed by atoms with Crippen molar-refractivity contribution >= 4 is 11.6 Å². The van der Waals surface area contributed by atoms with Crippen molar-refractivity contribution < 1.29 is 0 Å². The quantitative estimate of drug-likeness (QED) is 0.903. The van der Waals surface area contributed by atoms with Crippen molar-refractivity contribution in [1.82, 2.24) is 24.8 Å². The Bertz CT molecular complexity index is 544. The van der Waals surface area contributed by atoms with Gasteiger partial charge in [0.25, 0.3) is 0 Å². The number of likely N-dealkylation sites (tertiary alicyclic amines) is 1. The van der Waals surface area contributed by atoms with Gasteiger partial charge in [0.1, 0.15) is 11.6 Å². The van der Waals surface area contributed by atoms with Gasteiger partial charge >= 0.3 is 0 Å². The van der Waals surface area contributed by atoms with Crippen LogP contribution in [0.5, 0.6) is 0 Å². The summed E-state index contributed by atoms with van der Waals surface area (Å²) in [6.45, 7) is 1.12. The molecule has 3 rings (SSSR count). The van der Waals surface area contributed by atoms with Crippen LogP contribution in [0.3, 0.4) is 0 Å². The molecular weight excluding hydrogens is 240 g/mol. The Morgan fingerprint density at radius 3 is 2.79 bits per heavy atom. The highest BCUT2D eigenvalue weighted by molar-refractivity contribution is 5.48. The van der Waals surface area contributed by atoms with Crippen LogP contribution in [0.1, 0.15) is 24.6 Å². The van der Waals surface area contributed by atoms with E-state index in [9.17, 15) is 0 Å². The van der Waals surface area contributed by atoms with E-state index in [-0.39, 0.29) is 0 Å². The summed E-state index contributed by atoms with van der Waals surface area (Å²) in [4.78, 5) is 19.4. The average Bonchev–Trinajstić information content (AvgIpc) is 2.86. The SMILES string of the molecule is CN1CCC[C@@H]1c1cncc(Nc2cnccn2)n1. The second kappa shape index (κ2) is 5.27. The molecule has 0 aromatic carbocycles. The van der Waals surface area contributed by atoms with Crippen molar-refractivity contribution in [2.45, 2.75) is 18.9 Å². The number of nitrogens with one attached hydrogen (secondary N) is 1. The molecule has 2 aromatic rings. The van der Waals surface area contributed by atoms with Gasteiger partial charge in [0.15, 0.2) is 0 Å². The lowest BCUT2D eigenvalue weighted by molar-refractivity contribution is 0.311. The first kappa shape index (κ1) is 12.0. The van der Waals surface area contributed by atoms with Gasteiger partial charge in [-0.25, -0.2) is 9.97 Å². The van der Waals surface area contributed by atoms with Crippen LogP contribution in [0, 0.1) is 0 Å². The van der Waals surface area contributed by atoms with Crippen molar-refractivity contribution in [1.29, 1.82) is 0 Å². The highest BCUT2D eigenvalue weighted by Crippen LogP contribution is 2.29. The zero-order chi connectivity index (χ0) is 13.1. The molecule has 0 radical (unpaired) electrons. The van der Waals surface area contributed by atoms with Crippen LogP contribution >= 0.6 is 0 Å². The highest BCUT2D eigenvalue weighted by Gasteiger charge is 2.24. The minimum atomic E-state index is 0.371. The Labute approximate surface area is 111 Å². The summed E-state index contributed by atoms with van der Waals surface area (Å²) in [6, 6.07) is 0.371. The summed E-state index contributed by atoms with van der Waals surface area (Å²) in [6.07, 6.45) is 10.8. The molecule has 2 aromatic heterocycles. The molecule has 98 valence electrons. The topological polar surface area (TPSA) is 66.8 Å².